The van der Waals surface area contributed by atoms with Crippen molar-refractivity contribution in [3.05, 3.63) is 29.8 Å². The van der Waals surface area contributed by atoms with Crippen molar-refractivity contribution in [2.24, 2.45) is 4.36 Å². The van der Waals surface area contributed by atoms with Crippen molar-refractivity contribution in [3.8, 4) is 11.8 Å². The lowest BCUT2D eigenvalue weighted by Crippen LogP contribution is -2.09. The molecule has 0 saturated heterocycles. The molecule has 0 bridgehead atoms. The molecule has 0 radical (unpaired) electrons. The lowest BCUT2D eigenvalue weighted by atomic mass is 10.2. The van der Waals surface area contributed by atoms with Crippen LogP contribution in [0.15, 0.2) is 28.6 Å². The molecule has 5 heteroatoms. The predicted molar refractivity (Wildman–Crippen MR) is 72.9 cm³/mol. The lowest BCUT2D eigenvalue weighted by molar-refractivity contribution is 0.414. The fourth-order valence-electron chi connectivity index (χ4n) is 1.48. The van der Waals surface area contributed by atoms with E-state index in [1.165, 1.54) is 0 Å². The highest BCUT2D eigenvalue weighted by atomic mass is 32.2. The number of rotatable bonds is 6. The Labute approximate surface area is 109 Å². The number of nitriles is 1. The quantitative estimate of drug-likeness (QED) is 0.795. The summed E-state index contributed by atoms with van der Waals surface area (Å²) in [5.41, 5.74) is 0.913. The Morgan fingerprint density at radius 2 is 2.06 bits per heavy atom. The first-order valence-electron chi connectivity index (χ1n) is 5.81. The second kappa shape index (κ2) is 7.02. The van der Waals surface area contributed by atoms with E-state index in [0.717, 1.165) is 17.7 Å². The molecule has 1 aromatic carbocycles. The predicted octanol–water partition coefficient (Wildman–Crippen LogP) is 2.60. The molecule has 98 valence electrons. The molecule has 0 N–H and O–H groups in total. The van der Waals surface area contributed by atoms with Crippen molar-refractivity contribution >= 4 is 9.73 Å². The fraction of sp³-hybridized carbons (Fsp3) is 0.462. The van der Waals surface area contributed by atoms with Gasteiger partial charge in [0.2, 0.25) is 0 Å². The fourth-order valence-corrected chi connectivity index (χ4v) is 3.20. The molecule has 0 heterocycles. The summed E-state index contributed by atoms with van der Waals surface area (Å²) in [6.45, 7) is 2.51. The van der Waals surface area contributed by atoms with Gasteiger partial charge >= 0.3 is 0 Å². The molecule has 0 fully saturated rings. The maximum absolute atomic E-state index is 12.4. The van der Waals surface area contributed by atoms with E-state index in [9.17, 15) is 4.21 Å². The summed E-state index contributed by atoms with van der Waals surface area (Å²) < 4.78 is 21.7. The average Bonchev–Trinajstić information content (AvgIpc) is 2.38. The number of hydrogen-bond acceptors (Lipinski definition) is 4. The zero-order valence-corrected chi connectivity index (χ0v) is 11.6. The molecule has 1 unspecified atom stereocenters. The molecule has 1 aromatic rings. The van der Waals surface area contributed by atoms with E-state index in [2.05, 4.69) is 4.36 Å². The summed E-state index contributed by atoms with van der Waals surface area (Å²) >= 11 is 0. The molecule has 0 aliphatic carbocycles. The summed E-state index contributed by atoms with van der Waals surface area (Å²) in [5, 5.41) is 8.75. The zero-order valence-electron chi connectivity index (χ0n) is 10.8. The third-order valence-electron chi connectivity index (χ3n) is 2.39. The number of methoxy groups -OCH3 is 1. The summed E-state index contributed by atoms with van der Waals surface area (Å²) in [6.07, 6.45) is 0.838. The number of ether oxygens (including phenoxy) is 1. The van der Waals surface area contributed by atoms with Crippen LogP contribution in [0, 0.1) is 11.3 Å². The summed E-state index contributed by atoms with van der Waals surface area (Å²) in [4.78, 5) is 0. The third kappa shape index (κ3) is 4.38. The molecule has 0 saturated carbocycles. The van der Waals surface area contributed by atoms with Crippen LogP contribution < -0.4 is 4.74 Å². The largest absolute Gasteiger partial charge is 0.497 e. The van der Waals surface area contributed by atoms with Crippen molar-refractivity contribution in [2.75, 3.05) is 19.4 Å². The lowest BCUT2D eigenvalue weighted by Gasteiger charge is -2.07. The number of benzene rings is 1. The minimum absolute atomic E-state index is 0.0149. The minimum atomic E-state index is -2.45. The Morgan fingerprint density at radius 3 is 2.56 bits per heavy atom. The average molecular weight is 266 g/mol. The highest BCUT2D eigenvalue weighted by Crippen LogP contribution is 2.15. The summed E-state index contributed by atoms with van der Waals surface area (Å²) in [5.74, 6) is 1.07. The Kier molecular flexibility index (Phi) is 5.66. The van der Waals surface area contributed by atoms with Gasteiger partial charge < -0.3 is 4.74 Å². The Morgan fingerprint density at radius 1 is 1.39 bits per heavy atom. The van der Waals surface area contributed by atoms with Crippen LogP contribution >= 0.6 is 0 Å². The molecular formula is C13H18N2O2S. The van der Waals surface area contributed by atoms with E-state index >= 15 is 0 Å². The van der Waals surface area contributed by atoms with Gasteiger partial charge in [-0.1, -0.05) is 19.1 Å². The van der Waals surface area contributed by atoms with Crippen LogP contribution in [0.5, 0.6) is 5.75 Å². The van der Waals surface area contributed by atoms with Gasteiger partial charge in [-0.3, -0.25) is 0 Å². The van der Waals surface area contributed by atoms with E-state index in [1.807, 2.05) is 37.3 Å². The van der Waals surface area contributed by atoms with Gasteiger partial charge in [0.05, 0.1) is 28.7 Å². The number of hydrogen-bond donors (Lipinski definition) is 0. The van der Waals surface area contributed by atoms with Gasteiger partial charge in [-0.2, -0.15) is 5.26 Å². The van der Waals surface area contributed by atoms with Crippen molar-refractivity contribution in [1.82, 2.24) is 0 Å². The van der Waals surface area contributed by atoms with Gasteiger partial charge in [-0.15, -0.1) is 0 Å². The molecule has 18 heavy (non-hydrogen) atoms. The normalized spacial score (nSPS) is 13.4. The van der Waals surface area contributed by atoms with Crippen molar-refractivity contribution in [3.63, 3.8) is 0 Å². The maximum atomic E-state index is 12.4. The van der Waals surface area contributed by atoms with E-state index in [0.29, 0.717) is 12.3 Å². The van der Waals surface area contributed by atoms with Crippen molar-refractivity contribution in [1.29, 1.82) is 5.26 Å². The second-order valence-electron chi connectivity index (χ2n) is 3.92. The molecule has 0 amide bonds. The monoisotopic (exact) mass is 266 g/mol. The van der Waals surface area contributed by atoms with Gasteiger partial charge in [0.1, 0.15) is 11.5 Å². The van der Waals surface area contributed by atoms with Gasteiger partial charge in [0, 0.05) is 6.54 Å². The number of nitrogens with zero attached hydrogens (tertiary/aromatic N) is 2. The Bertz CT molecular complexity index is 523. The standard InChI is InChI=1S/C13H18N2O2S/c1-3-9-15-18(16,10-8-14)11-12-4-6-13(17-2)7-5-12/h4-7H,3,9-11H2,1-2H3. The first kappa shape index (κ1) is 14.5. The van der Waals surface area contributed by atoms with Crippen LogP contribution in [0.3, 0.4) is 0 Å². The molecule has 0 spiro atoms. The topological polar surface area (TPSA) is 62.5 Å². The first-order chi connectivity index (χ1) is 8.63. The van der Waals surface area contributed by atoms with Crippen molar-refractivity contribution in [2.45, 2.75) is 19.1 Å². The van der Waals surface area contributed by atoms with Crippen LogP contribution in [0.4, 0.5) is 0 Å². The molecule has 0 aliphatic rings. The summed E-state index contributed by atoms with van der Waals surface area (Å²) in [6, 6.07) is 9.32. The van der Waals surface area contributed by atoms with Crippen LogP contribution in [-0.4, -0.2) is 23.6 Å². The molecule has 4 nitrogen and oxygen atoms in total. The molecular weight excluding hydrogens is 248 g/mol. The SMILES string of the molecule is CCCN=S(=O)(CC#N)Cc1ccc(OC)cc1. The molecule has 1 rings (SSSR count). The third-order valence-corrected chi connectivity index (χ3v) is 4.41. The van der Waals surface area contributed by atoms with Crippen LogP contribution in [0.2, 0.25) is 0 Å². The Balaban J connectivity index is 2.90. The van der Waals surface area contributed by atoms with E-state index < -0.39 is 9.73 Å². The van der Waals surface area contributed by atoms with E-state index in [4.69, 9.17) is 10.00 Å². The minimum Gasteiger partial charge on any atom is -0.497 e. The highest BCUT2D eigenvalue weighted by molar-refractivity contribution is 7.93. The van der Waals surface area contributed by atoms with Gasteiger partial charge in [-0.25, -0.2) is 8.57 Å². The smallest absolute Gasteiger partial charge is 0.119 e. The second-order valence-corrected chi connectivity index (χ2v) is 6.30. The maximum Gasteiger partial charge on any atom is 0.119 e. The first-order valence-corrected chi connectivity index (χ1v) is 7.67. The molecule has 0 aromatic heterocycles. The molecule has 1 atom stereocenters. The van der Waals surface area contributed by atoms with Gasteiger partial charge in [-0.05, 0) is 24.1 Å². The van der Waals surface area contributed by atoms with Crippen LogP contribution in [-0.2, 0) is 15.5 Å². The van der Waals surface area contributed by atoms with E-state index in [-0.39, 0.29) is 5.75 Å². The van der Waals surface area contributed by atoms with Crippen LogP contribution in [0.1, 0.15) is 18.9 Å². The van der Waals surface area contributed by atoms with E-state index in [1.54, 1.807) is 7.11 Å². The van der Waals surface area contributed by atoms with Crippen LogP contribution in [0.25, 0.3) is 0 Å². The summed E-state index contributed by atoms with van der Waals surface area (Å²) in [7, 11) is -0.849. The van der Waals surface area contributed by atoms with Gasteiger partial charge in [0.25, 0.3) is 0 Å². The van der Waals surface area contributed by atoms with Crippen molar-refractivity contribution < 1.29 is 8.95 Å². The Hall–Kier alpha value is -1.54. The highest BCUT2D eigenvalue weighted by Gasteiger charge is 2.09. The molecule has 0 aliphatic heterocycles. The van der Waals surface area contributed by atoms with Gasteiger partial charge in [0.15, 0.2) is 0 Å². The zero-order chi connectivity index (χ0) is 13.4.